The molecule has 0 radical (unpaired) electrons. The average Bonchev–Trinajstić information content (AvgIpc) is 3.66. The molecule has 0 saturated carbocycles. The number of nitrogens with one attached hydrogen (secondary N) is 3. The number of nitrogens with zero attached hydrogens (tertiary/aromatic N) is 6. The lowest BCUT2D eigenvalue weighted by molar-refractivity contribution is -0.129. The van der Waals surface area contributed by atoms with Gasteiger partial charge in [-0.05, 0) is 52.7 Å². The SMILES string of the molecule is CCCN(C)C(=O)CC.CCN1CCCC1=O.CNCCO.NCCCCCN(CCN(CCN)CCN)CCN(CCNCCN)CCNCCN(CCN)CCN. The highest BCUT2D eigenvalue weighted by atomic mass is 16.3. The first kappa shape index (κ1) is 61.7. The zero-order valence-electron chi connectivity index (χ0n) is 39.0. The van der Waals surface area contributed by atoms with Crippen LogP contribution in [0.2, 0.25) is 0 Å². The second kappa shape index (κ2) is 49.0. The summed E-state index contributed by atoms with van der Waals surface area (Å²) in [6.45, 7) is 29.3. The Morgan fingerprint density at radius 2 is 1.08 bits per heavy atom. The monoisotopic (exact) mass is 850 g/mol. The second-order valence-electron chi connectivity index (χ2n) is 14.7. The smallest absolute Gasteiger partial charge is 0.222 e. The van der Waals surface area contributed by atoms with Crippen molar-refractivity contribution in [1.29, 1.82) is 0 Å². The first-order valence-electron chi connectivity index (χ1n) is 22.9. The lowest BCUT2D eigenvalue weighted by Crippen LogP contribution is -2.45. The third-order valence-corrected chi connectivity index (χ3v) is 9.76. The summed E-state index contributed by atoms with van der Waals surface area (Å²) in [5.74, 6) is 0.560. The summed E-state index contributed by atoms with van der Waals surface area (Å²) in [7, 11) is 3.64. The summed E-state index contributed by atoms with van der Waals surface area (Å²) >= 11 is 0. The molecular formula is C41H99N15O3. The third kappa shape index (κ3) is 41.5. The van der Waals surface area contributed by atoms with Gasteiger partial charge in [-0.15, -0.1) is 0 Å². The number of carbonyl (C=O) groups is 2. The molecule has 1 aliphatic heterocycles. The van der Waals surface area contributed by atoms with Crippen LogP contribution in [0.15, 0.2) is 0 Å². The minimum Gasteiger partial charge on any atom is -0.395 e. The number of aliphatic hydroxyl groups is 1. The van der Waals surface area contributed by atoms with Crippen LogP contribution in [0.25, 0.3) is 0 Å². The van der Waals surface area contributed by atoms with Crippen LogP contribution in [0.1, 0.15) is 65.7 Å². The molecule has 59 heavy (non-hydrogen) atoms. The quantitative estimate of drug-likeness (QED) is 0.0290. The van der Waals surface area contributed by atoms with Gasteiger partial charge in [0.2, 0.25) is 11.8 Å². The van der Waals surface area contributed by atoms with Crippen LogP contribution in [0, 0.1) is 0 Å². The largest absolute Gasteiger partial charge is 0.395 e. The van der Waals surface area contributed by atoms with Crippen LogP contribution in [0.3, 0.4) is 0 Å². The van der Waals surface area contributed by atoms with Crippen molar-refractivity contribution in [3.63, 3.8) is 0 Å². The van der Waals surface area contributed by atoms with Gasteiger partial charge in [0.05, 0.1) is 6.61 Å². The molecule has 0 aromatic carbocycles. The molecule has 1 saturated heterocycles. The van der Waals surface area contributed by atoms with E-state index < -0.39 is 0 Å². The standard InChI is InChI=1S/C25H64N12.C7H15NO.C6H11NO.C3H9NO/c26-4-2-1-3-14-34(22-24-36(17-8-30)18-9-31)23-25-37(20-11-32-10-5-27)21-13-33-12-19-35(15-6-28)16-7-29;1-4-6-8(3)7(9)5-2;1-2-7-5-3-4-6(7)8;1-4-2-3-5/h32-33H,1-31H2;4-6H2,1-3H3;2-5H2,1H3;4-5H,2-3H2,1H3. The van der Waals surface area contributed by atoms with Gasteiger partial charge >= 0.3 is 0 Å². The lowest BCUT2D eigenvalue weighted by atomic mass is 10.2. The lowest BCUT2D eigenvalue weighted by Gasteiger charge is -2.30. The molecule has 356 valence electrons. The Bertz CT molecular complexity index is 855. The molecule has 0 aromatic heterocycles. The molecule has 18 heteroatoms. The first-order valence-corrected chi connectivity index (χ1v) is 22.9. The van der Waals surface area contributed by atoms with Gasteiger partial charge in [0.1, 0.15) is 0 Å². The summed E-state index contributed by atoms with van der Waals surface area (Å²) < 4.78 is 0. The molecule has 16 N–H and O–H groups in total. The maximum atomic E-state index is 10.8. The van der Waals surface area contributed by atoms with E-state index in [1.54, 1.807) is 11.9 Å². The molecule has 0 bridgehead atoms. The molecule has 0 atom stereocenters. The zero-order valence-corrected chi connectivity index (χ0v) is 39.0. The Hall–Kier alpha value is -1.62. The van der Waals surface area contributed by atoms with E-state index in [1.807, 2.05) is 25.8 Å². The number of hydrogen-bond donors (Lipinski definition) is 10. The number of rotatable bonds is 36. The van der Waals surface area contributed by atoms with E-state index in [4.69, 9.17) is 39.5 Å². The molecule has 0 aliphatic carbocycles. The summed E-state index contributed by atoms with van der Waals surface area (Å²) in [4.78, 5) is 35.1. The van der Waals surface area contributed by atoms with E-state index in [2.05, 4.69) is 42.5 Å². The number of hydrogen-bond acceptors (Lipinski definition) is 16. The molecule has 0 unspecified atom stereocenters. The van der Waals surface area contributed by atoms with Gasteiger partial charge in [0.15, 0.2) is 0 Å². The molecule has 1 aliphatic rings. The van der Waals surface area contributed by atoms with E-state index in [9.17, 15) is 9.59 Å². The third-order valence-electron chi connectivity index (χ3n) is 9.76. The molecule has 0 aromatic rings. The van der Waals surface area contributed by atoms with Crippen LogP contribution in [0.4, 0.5) is 0 Å². The van der Waals surface area contributed by atoms with Crippen molar-refractivity contribution in [2.45, 2.75) is 65.7 Å². The summed E-state index contributed by atoms with van der Waals surface area (Å²) in [5.41, 5.74) is 34.4. The van der Waals surface area contributed by atoms with Crippen molar-refractivity contribution in [1.82, 2.24) is 45.3 Å². The van der Waals surface area contributed by atoms with Crippen molar-refractivity contribution in [3.8, 4) is 0 Å². The maximum Gasteiger partial charge on any atom is 0.222 e. The van der Waals surface area contributed by atoms with E-state index in [0.717, 1.165) is 157 Å². The van der Waals surface area contributed by atoms with E-state index in [0.29, 0.717) is 51.6 Å². The van der Waals surface area contributed by atoms with Crippen LogP contribution < -0.4 is 50.4 Å². The highest BCUT2D eigenvalue weighted by Gasteiger charge is 2.17. The van der Waals surface area contributed by atoms with E-state index >= 15 is 0 Å². The Morgan fingerprint density at radius 1 is 0.610 bits per heavy atom. The van der Waals surface area contributed by atoms with Gasteiger partial charge in [-0.1, -0.05) is 20.3 Å². The van der Waals surface area contributed by atoms with Gasteiger partial charge in [0.25, 0.3) is 0 Å². The molecule has 1 rings (SSSR count). The fraction of sp³-hybridized carbons (Fsp3) is 0.951. The van der Waals surface area contributed by atoms with Gasteiger partial charge < -0.3 is 70.2 Å². The molecule has 2 amide bonds. The van der Waals surface area contributed by atoms with Crippen molar-refractivity contribution in [2.24, 2.45) is 34.4 Å². The minimum atomic E-state index is 0.233. The Balaban J connectivity index is -0.00000114. The number of aliphatic hydroxyl groups excluding tert-OH is 1. The molecule has 1 fully saturated rings. The predicted octanol–water partition coefficient (Wildman–Crippen LogP) is -2.61. The van der Waals surface area contributed by atoms with Crippen LogP contribution in [0.5, 0.6) is 0 Å². The van der Waals surface area contributed by atoms with Crippen molar-refractivity contribution in [3.05, 3.63) is 0 Å². The summed E-state index contributed by atoms with van der Waals surface area (Å²) in [5, 5.41) is 17.8. The molecular weight excluding hydrogens is 751 g/mol. The Kier molecular flexibility index (Phi) is 51.3. The van der Waals surface area contributed by atoms with Crippen molar-refractivity contribution in [2.75, 3.05) is 191 Å². The first-order chi connectivity index (χ1) is 28.6. The van der Waals surface area contributed by atoms with Crippen molar-refractivity contribution < 1.29 is 14.7 Å². The van der Waals surface area contributed by atoms with E-state index in [1.165, 1.54) is 12.8 Å². The normalized spacial score (nSPS) is 12.5. The maximum absolute atomic E-state index is 10.8. The Labute approximate surface area is 362 Å². The minimum absolute atomic E-state index is 0.233. The summed E-state index contributed by atoms with van der Waals surface area (Å²) in [6, 6.07) is 0. The second-order valence-corrected chi connectivity index (χ2v) is 14.7. The van der Waals surface area contributed by atoms with Gasteiger partial charge in [0, 0.05) is 177 Å². The number of amides is 2. The van der Waals surface area contributed by atoms with Gasteiger partial charge in [-0.25, -0.2) is 0 Å². The van der Waals surface area contributed by atoms with Gasteiger partial charge in [-0.2, -0.15) is 0 Å². The number of carbonyl (C=O) groups excluding carboxylic acids is 2. The highest BCUT2D eigenvalue weighted by molar-refractivity contribution is 5.77. The fourth-order valence-corrected chi connectivity index (χ4v) is 6.24. The predicted molar refractivity (Wildman–Crippen MR) is 250 cm³/mol. The number of likely N-dealkylation sites (N-methyl/N-ethyl adjacent to an activating group) is 1. The molecule has 18 nitrogen and oxygen atoms in total. The Morgan fingerprint density at radius 3 is 1.42 bits per heavy atom. The van der Waals surface area contributed by atoms with Crippen LogP contribution in [-0.4, -0.2) is 237 Å². The topological polar surface area (TPSA) is 266 Å². The molecule has 1 heterocycles. The highest BCUT2D eigenvalue weighted by Crippen LogP contribution is 2.07. The zero-order chi connectivity index (χ0) is 44.8. The number of unbranched alkanes of at least 4 members (excludes halogenated alkanes) is 2. The number of nitrogens with two attached hydrogens (primary N) is 6. The van der Waals surface area contributed by atoms with Crippen LogP contribution in [-0.2, 0) is 9.59 Å². The number of likely N-dealkylation sites (tertiary alicyclic amines) is 1. The van der Waals surface area contributed by atoms with Crippen LogP contribution >= 0.6 is 0 Å². The van der Waals surface area contributed by atoms with Crippen molar-refractivity contribution >= 4 is 11.8 Å². The van der Waals surface area contributed by atoms with Gasteiger partial charge in [-0.3, -0.25) is 24.3 Å². The fourth-order valence-electron chi connectivity index (χ4n) is 6.24. The van der Waals surface area contributed by atoms with E-state index in [-0.39, 0.29) is 12.5 Å². The molecule has 0 spiro atoms. The summed E-state index contributed by atoms with van der Waals surface area (Å²) in [6.07, 6.45) is 6.97. The average molecular weight is 850 g/mol.